The molecule has 0 saturated heterocycles. The molecule has 204 valence electrons. The molecular weight excluding hydrogens is 538 g/mol. The van der Waals surface area contributed by atoms with Crippen molar-refractivity contribution in [1.82, 2.24) is 15.1 Å². The first-order valence-electron chi connectivity index (χ1n) is 11.1. The van der Waals surface area contributed by atoms with Gasteiger partial charge in [-0.25, -0.2) is 0 Å². The van der Waals surface area contributed by atoms with Crippen LogP contribution in [0.15, 0.2) is 42.5 Å². The molecule has 2 aromatic carbocycles. The van der Waals surface area contributed by atoms with E-state index in [-0.39, 0.29) is 38.1 Å². The van der Waals surface area contributed by atoms with Gasteiger partial charge in [0, 0.05) is 17.3 Å². The van der Waals surface area contributed by atoms with Crippen molar-refractivity contribution in [3.8, 4) is 0 Å². The van der Waals surface area contributed by atoms with Crippen LogP contribution in [0.4, 0.5) is 32.0 Å². The molecule has 1 heterocycles. The topological polar surface area (TPSA) is 76.0 Å². The van der Waals surface area contributed by atoms with Gasteiger partial charge in [-0.15, -0.1) is 0 Å². The number of aryl methyl sites for hydroxylation is 1. The van der Waals surface area contributed by atoms with Crippen LogP contribution in [0.25, 0.3) is 0 Å². The Balaban J connectivity index is 1.87. The summed E-state index contributed by atoms with van der Waals surface area (Å²) in [6.45, 7) is 6.25. The standard InChI is InChI=1S/C25H23ClF6N4O2/c1-13-10-14(12-36-19(25(30,31)32)11-18(35-36)24(27,28)29)8-9-17(13)33-21(37)15-6-5-7-16(26)20(15)22(38)34-23(2,3)4/h5-11H,12H2,1-4H3,(H,33,37)(H,34,38). The highest BCUT2D eigenvalue weighted by atomic mass is 35.5. The number of nitrogens with zero attached hydrogens (tertiary/aromatic N) is 2. The summed E-state index contributed by atoms with van der Waals surface area (Å²) >= 11 is 6.20. The van der Waals surface area contributed by atoms with E-state index in [4.69, 9.17) is 11.6 Å². The molecule has 0 bridgehead atoms. The number of halogens is 7. The first-order chi connectivity index (χ1) is 17.4. The zero-order valence-electron chi connectivity index (χ0n) is 20.6. The Labute approximate surface area is 219 Å². The van der Waals surface area contributed by atoms with E-state index in [1.807, 2.05) is 0 Å². The maximum Gasteiger partial charge on any atom is 0.435 e. The molecule has 0 aliphatic rings. The lowest BCUT2D eigenvalue weighted by Crippen LogP contribution is -2.41. The fourth-order valence-corrected chi connectivity index (χ4v) is 3.84. The van der Waals surface area contributed by atoms with Crippen molar-refractivity contribution in [3.63, 3.8) is 0 Å². The van der Waals surface area contributed by atoms with Crippen LogP contribution in [0.2, 0.25) is 5.02 Å². The summed E-state index contributed by atoms with van der Waals surface area (Å²) in [4.78, 5) is 25.8. The van der Waals surface area contributed by atoms with Crippen LogP contribution in [-0.2, 0) is 18.9 Å². The van der Waals surface area contributed by atoms with E-state index in [0.29, 0.717) is 5.56 Å². The van der Waals surface area contributed by atoms with E-state index < -0.39 is 47.6 Å². The van der Waals surface area contributed by atoms with E-state index in [2.05, 4.69) is 15.7 Å². The summed E-state index contributed by atoms with van der Waals surface area (Å²) in [7, 11) is 0. The second-order valence-corrected chi connectivity index (χ2v) is 9.95. The highest BCUT2D eigenvalue weighted by molar-refractivity contribution is 6.35. The van der Waals surface area contributed by atoms with Crippen molar-refractivity contribution in [2.45, 2.75) is 52.1 Å². The minimum atomic E-state index is -5.05. The van der Waals surface area contributed by atoms with Crippen molar-refractivity contribution in [2.24, 2.45) is 0 Å². The smallest absolute Gasteiger partial charge is 0.347 e. The van der Waals surface area contributed by atoms with Gasteiger partial charge in [0.15, 0.2) is 5.69 Å². The van der Waals surface area contributed by atoms with Crippen LogP contribution in [0.5, 0.6) is 0 Å². The summed E-state index contributed by atoms with van der Waals surface area (Å²) < 4.78 is 79.0. The van der Waals surface area contributed by atoms with Crippen LogP contribution < -0.4 is 10.6 Å². The maximum atomic E-state index is 13.3. The summed E-state index contributed by atoms with van der Waals surface area (Å²) in [5.74, 6) is -1.22. The predicted molar refractivity (Wildman–Crippen MR) is 129 cm³/mol. The lowest BCUT2D eigenvalue weighted by Gasteiger charge is -2.22. The number of aromatic nitrogens is 2. The molecule has 0 radical (unpaired) electrons. The van der Waals surface area contributed by atoms with Crippen LogP contribution >= 0.6 is 11.6 Å². The number of carbonyl (C=O) groups excluding carboxylic acids is 2. The van der Waals surface area contributed by atoms with Crippen molar-refractivity contribution in [3.05, 3.63) is 81.1 Å². The highest BCUT2D eigenvalue weighted by Crippen LogP contribution is 2.35. The number of anilines is 1. The van der Waals surface area contributed by atoms with Crippen LogP contribution in [-0.4, -0.2) is 27.1 Å². The number of nitrogens with one attached hydrogen (secondary N) is 2. The minimum Gasteiger partial charge on any atom is -0.347 e. The van der Waals surface area contributed by atoms with Crippen LogP contribution in [0, 0.1) is 6.92 Å². The fourth-order valence-electron chi connectivity index (χ4n) is 3.58. The molecule has 6 nitrogen and oxygen atoms in total. The van der Waals surface area contributed by atoms with Gasteiger partial charge in [0.2, 0.25) is 0 Å². The molecule has 3 aromatic rings. The number of hydrogen-bond acceptors (Lipinski definition) is 3. The number of carbonyl (C=O) groups is 2. The van der Waals surface area contributed by atoms with Gasteiger partial charge in [0.25, 0.3) is 11.8 Å². The normalized spacial score (nSPS) is 12.4. The first-order valence-corrected chi connectivity index (χ1v) is 11.5. The van der Waals surface area contributed by atoms with Crippen molar-refractivity contribution >= 4 is 29.1 Å². The van der Waals surface area contributed by atoms with E-state index in [9.17, 15) is 35.9 Å². The van der Waals surface area contributed by atoms with Gasteiger partial charge in [-0.3, -0.25) is 14.3 Å². The molecular formula is C25H23ClF6N4O2. The minimum absolute atomic E-state index is 0.00577. The maximum absolute atomic E-state index is 13.3. The van der Waals surface area contributed by atoms with Gasteiger partial charge in [-0.05, 0) is 57.0 Å². The summed E-state index contributed by atoms with van der Waals surface area (Å²) in [5, 5.41) is 8.53. The van der Waals surface area contributed by atoms with E-state index in [0.717, 1.165) is 0 Å². The molecule has 3 rings (SSSR count). The van der Waals surface area contributed by atoms with Gasteiger partial charge in [-0.1, -0.05) is 29.8 Å². The van der Waals surface area contributed by atoms with Crippen molar-refractivity contribution < 1.29 is 35.9 Å². The number of alkyl halides is 6. The van der Waals surface area contributed by atoms with Gasteiger partial charge < -0.3 is 10.6 Å². The molecule has 0 atom stereocenters. The van der Waals surface area contributed by atoms with E-state index >= 15 is 0 Å². The molecule has 2 N–H and O–H groups in total. The predicted octanol–water partition coefficient (Wildman–Crippen LogP) is 6.71. The Morgan fingerprint density at radius 3 is 2.16 bits per heavy atom. The monoisotopic (exact) mass is 560 g/mol. The lowest BCUT2D eigenvalue weighted by molar-refractivity contribution is -0.144. The quantitative estimate of drug-likeness (QED) is 0.341. The Morgan fingerprint density at radius 2 is 1.61 bits per heavy atom. The van der Waals surface area contributed by atoms with Crippen molar-refractivity contribution in [2.75, 3.05) is 5.32 Å². The third-order valence-electron chi connectivity index (χ3n) is 5.21. The van der Waals surface area contributed by atoms with Gasteiger partial charge in [-0.2, -0.15) is 31.4 Å². The largest absolute Gasteiger partial charge is 0.435 e. The summed E-state index contributed by atoms with van der Waals surface area (Å²) in [6, 6.07) is 8.49. The molecule has 0 saturated carbocycles. The highest BCUT2D eigenvalue weighted by Gasteiger charge is 2.41. The molecule has 0 unspecified atom stereocenters. The SMILES string of the molecule is Cc1cc(Cn2nc(C(F)(F)F)cc2C(F)(F)F)ccc1NC(=O)c1cccc(Cl)c1C(=O)NC(C)(C)C. The fraction of sp³-hybridized carbons (Fsp3) is 0.320. The van der Waals surface area contributed by atoms with Crippen molar-refractivity contribution in [1.29, 1.82) is 0 Å². The van der Waals surface area contributed by atoms with E-state index in [1.165, 1.54) is 36.4 Å². The average molecular weight is 561 g/mol. The number of benzene rings is 2. The summed E-state index contributed by atoms with van der Waals surface area (Å²) in [5.41, 5.74) is -2.93. The molecule has 38 heavy (non-hydrogen) atoms. The Bertz CT molecular complexity index is 1370. The van der Waals surface area contributed by atoms with Crippen LogP contribution in [0.3, 0.4) is 0 Å². The number of rotatable bonds is 5. The number of amides is 2. The second kappa shape index (κ2) is 10.3. The molecule has 0 fully saturated rings. The molecule has 0 aliphatic heterocycles. The third kappa shape index (κ3) is 6.85. The molecule has 2 amide bonds. The molecule has 13 heteroatoms. The Hall–Kier alpha value is -3.54. The van der Waals surface area contributed by atoms with Gasteiger partial charge >= 0.3 is 12.4 Å². The van der Waals surface area contributed by atoms with Gasteiger partial charge in [0.05, 0.1) is 22.7 Å². The molecule has 1 aromatic heterocycles. The lowest BCUT2D eigenvalue weighted by atomic mass is 10.0. The zero-order valence-corrected chi connectivity index (χ0v) is 21.4. The first kappa shape index (κ1) is 29.0. The Kier molecular flexibility index (Phi) is 7.88. The van der Waals surface area contributed by atoms with Crippen LogP contribution in [0.1, 0.15) is 64.0 Å². The van der Waals surface area contributed by atoms with Gasteiger partial charge in [0.1, 0.15) is 5.69 Å². The Morgan fingerprint density at radius 1 is 0.947 bits per heavy atom. The average Bonchev–Trinajstić information content (AvgIpc) is 3.19. The second-order valence-electron chi connectivity index (χ2n) is 9.54. The third-order valence-corrected chi connectivity index (χ3v) is 5.52. The number of hydrogen-bond donors (Lipinski definition) is 2. The zero-order chi connectivity index (χ0) is 28.6. The van der Waals surface area contributed by atoms with E-state index in [1.54, 1.807) is 27.7 Å². The molecule has 0 spiro atoms. The summed E-state index contributed by atoms with van der Waals surface area (Å²) in [6.07, 6.45) is -10.1. The molecule has 0 aliphatic carbocycles.